The van der Waals surface area contributed by atoms with Crippen molar-refractivity contribution < 1.29 is 18.7 Å². The zero-order valence-electron chi connectivity index (χ0n) is 20.0. The summed E-state index contributed by atoms with van der Waals surface area (Å²) >= 11 is 0. The summed E-state index contributed by atoms with van der Waals surface area (Å²) in [5, 5.41) is 6.15. The molecule has 0 spiro atoms. The van der Waals surface area contributed by atoms with Crippen LogP contribution in [0.2, 0.25) is 0 Å². The first-order valence-corrected chi connectivity index (χ1v) is 12.0. The third-order valence-corrected chi connectivity index (χ3v) is 5.86. The number of nitrogens with zero attached hydrogens (tertiary/aromatic N) is 2. The van der Waals surface area contributed by atoms with Crippen LogP contribution >= 0.6 is 0 Å². The molecule has 0 saturated carbocycles. The summed E-state index contributed by atoms with van der Waals surface area (Å²) in [4.78, 5) is 21.5. The van der Waals surface area contributed by atoms with Crippen LogP contribution in [0.4, 0.5) is 21.7 Å². The Labute approximate surface area is 213 Å². The minimum Gasteiger partial charge on any atom is -0.457 e. The Hall–Kier alpha value is -4.50. The highest BCUT2D eigenvalue weighted by atomic mass is 19.1. The van der Waals surface area contributed by atoms with E-state index in [-0.39, 0.29) is 11.7 Å². The fraction of sp³-hybridized carbons (Fsp3) is 0.179. The highest BCUT2D eigenvalue weighted by Gasteiger charge is 2.13. The Morgan fingerprint density at radius 2 is 1.86 bits per heavy atom. The molecule has 0 atom stereocenters. The highest BCUT2D eigenvalue weighted by Crippen LogP contribution is 2.31. The first-order chi connectivity index (χ1) is 18.0. The summed E-state index contributed by atoms with van der Waals surface area (Å²) in [6.45, 7) is 1.34. The largest absolute Gasteiger partial charge is 0.457 e. The Bertz CT molecular complexity index is 1410. The van der Waals surface area contributed by atoms with E-state index in [4.69, 9.17) is 15.2 Å². The zero-order chi connectivity index (χ0) is 25.6. The zero-order valence-corrected chi connectivity index (χ0v) is 20.0. The molecule has 6 bridgehead atoms. The van der Waals surface area contributed by atoms with Crippen molar-refractivity contribution in [1.82, 2.24) is 15.3 Å². The fourth-order valence-corrected chi connectivity index (χ4v) is 3.95. The number of aromatic nitrogens is 2. The van der Waals surface area contributed by atoms with Crippen LogP contribution in [0.5, 0.6) is 11.5 Å². The molecule has 188 valence electrons. The van der Waals surface area contributed by atoms with E-state index in [0.717, 1.165) is 24.1 Å². The van der Waals surface area contributed by atoms with Crippen LogP contribution in [0.15, 0.2) is 72.9 Å². The monoisotopic (exact) mass is 499 g/mol. The van der Waals surface area contributed by atoms with E-state index >= 15 is 0 Å². The molecule has 0 unspecified atom stereocenters. The number of nitrogen functional groups attached to an aromatic ring is 1. The molecule has 3 aromatic carbocycles. The molecule has 9 heteroatoms. The van der Waals surface area contributed by atoms with Gasteiger partial charge in [0.25, 0.3) is 5.91 Å². The molecular formula is C28H26FN5O3. The van der Waals surface area contributed by atoms with Gasteiger partial charge in [-0.15, -0.1) is 0 Å². The first kappa shape index (κ1) is 24.2. The molecule has 0 radical (unpaired) electrons. The Kier molecular flexibility index (Phi) is 7.23. The Balaban J connectivity index is 1.46. The summed E-state index contributed by atoms with van der Waals surface area (Å²) in [5.41, 5.74) is 10.1. The van der Waals surface area contributed by atoms with Gasteiger partial charge in [0.1, 0.15) is 17.3 Å². The second-order valence-electron chi connectivity index (χ2n) is 8.59. The molecule has 0 saturated heterocycles. The van der Waals surface area contributed by atoms with Crippen LogP contribution in [0.1, 0.15) is 28.8 Å². The fourth-order valence-electron chi connectivity index (χ4n) is 3.95. The van der Waals surface area contributed by atoms with Crippen LogP contribution in [0, 0.1) is 5.82 Å². The molecule has 37 heavy (non-hydrogen) atoms. The molecule has 1 amide bonds. The Morgan fingerprint density at radius 3 is 2.70 bits per heavy atom. The van der Waals surface area contributed by atoms with Gasteiger partial charge in [0.2, 0.25) is 5.95 Å². The number of nitrogens with two attached hydrogens (primary N) is 1. The minimum absolute atomic E-state index is 0.180. The second-order valence-corrected chi connectivity index (χ2v) is 8.59. The third kappa shape index (κ3) is 6.02. The standard InChI is InChI=1S/C28H26FN5O3/c29-20-4-7-22(8-5-20)37-26-10-6-21-15-19(26)17-36-14-2-1-12-31-27(35)18-3-9-23(24(30)16-18)25-11-13-32-28(33-21)34-25/h3-11,13,15-16H,1-2,12,14,17,30H2,(H,31,35)(H,32,33,34). The van der Waals surface area contributed by atoms with Crippen molar-refractivity contribution in [3.63, 3.8) is 0 Å². The average molecular weight is 500 g/mol. The average Bonchev–Trinajstić information content (AvgIpc) is 2.90. The van der Waals surface area contributed by atoms with Crippen molar-refractivity contribution in [1.29, 1.82) is 0 Å². The maximum absolute atomic E-state index is 13.3. The highest BCUT2D eigenvalue weighted by molar-refractivity contribution is 5.96. The first-order valence-electron chi connectivity index (χ1n) is 12.0. The lowest BCUT2D eigenvalue weighted by Crippen LogP contribution is -2.24. The third-order valence-electron chi connectivity index (χ3n) is 5.86. The molecule has 0 fully saturated rings. The number of hydrogen-bond acceptors (Lipinski definition) is 7. The van der Waals surface area contributed by atoms with E-state index in [1.807, 2.05) is 18.2 Å². The summed E-state index contributed by atoms with van der Waals surface area (Å²) in [6.07, 6.45) is 3.18. The molecule has 4 N–H and O–H groups in total. The molecule has 2 aliphatic rings. The summed E-state index contributed by atoms with van der Waals surface area (Å²) in [5.74, 6) is 0.986. The van der Waals surface area contributed by atoms with Crippen molar-refractivity contribution >= 4 is 23.2 Å². The van der Waals surface area contributed by atoms with Gasteiger partial charge < -0.3 is 25.8 Å². The van der Waals surface area contributed by atoms with Gasteiger partial charge in [-0.05, 0) is 79.6 Å². The lowest BCUT2D eigenvalue weighted by Gasteiger charge is -2.14. The summed E-state index contributed by atoms with van der Waals surface area (Å²) in [7, 11) is 0. The van der Waals surface area contributed by atoms with E-state index in [2.05, 4.69) is 20.6 Å². The van der Waals surface area contributed by atoms with Gasteiger partial charge in [0, 0.05) is 47.4 Å². The van der Waals surface area contributed by atoms with Crippen LogP contribution in [0.3, 0.4) is 0 Å². The number of anilines is 3. The number of ether oxygens (including phenoxy) is 2. The van der Waals surface area contributed by atoms with Gasteiger partial charge in [0.15, 0.2) is 0 Å². The van der Waals surface area contributed by atoms with E-state index in [9.17, 15) is 9.18 Å². The number of amides is 1. The summed E-state index contributed by atoms with van der Waals surface area (Å²) in [6, 6.07) is 18.4. The van der Waals surface area contributed by atoms with Crippen molar-refractivity contribution in [2.45, 2.75) is 19.4 Å². The van der Waals surface area contributed by atoms with Gasteiger partial charge in [-0.2, -0.15) is 0 Å². The van der Waals surface area contributed by atoms with E-state index in [0.29, 0.717) is 59.7 Å². The van der Waals surface area contributed by atoms with Crippen LogP contribution in [-0.4, -0.2) is 29.0 Å². The molecular weight excluding hydrogens is 473 g/mol. The number of carbonyl (C=O) groups is 1. The SMILES string of the molecule is Nc1cc2ccc1-c1ccnc(n1)Nc1ccc(Oc3ccc(F)cc3)c(c1)COCCCCNC2=O. The van der Waals surface area contributed by atoms with Gasteiger partial charge in [-0.3, -0.25) is 4.79 Å². The maximum Gasteiger partial charge on any atom is 0.251 e. The molecule has 3 heterocycles. The van der Waals surface area contributed by atoms with E-state index in [1.165, 1.54) is 12.1 Å². The molecule has 4 aromatic rings. The maximum atomic E-state index is 13.3. The quantitative estimate of drug-likeness (QED) is 0.315. The van der Waals surface area contributed by atoms with Crippen LogP contribution in [0.25, 0.3) is 11.3 Å². The summed E-state index contributed by atoms with van der Waals surface area (Å²) < 4.78 is 25.2. The number of fused-ring (bicyclic) bond motifs is 9. The number of carbonyl (C=O) groups excluding carboxylic acids is 1. The lowest BCUT2D eigenvalue weighted by molar-refractivity contribution is 0.0945. The number of hydrogen-bond donors (Lipinski definition) is 3. The number of nitrogens with one attached hydrogen (secondary N) is 2. The number of benzene rings is 3. The van der Waals surface area contributed by atoms with Gasteiger partial charge >= 0.3 is 0 Å². The van der Waals surface area contributed by atoms with Crippen molar-refractivity contribution in [3.8, 4) is 22.8 Å². The van der Waals surface area contributed by atoms with Gasteiger partial charge in [-0.1, -0.05) is 0 Å². The topological polar surface area (TPSA) is 111 Å². The smallest absolute Gasteiger partial charge is 0.251 e. The number of rotatable bonds is 2. The normalized spacial score (nSPS) is 14.0. The lowest BCUT2D eigenvalue weighted by atomic mass is 10.1. The van der Waals surface area contributed by atoms with E-state index < -0.39 is 0 Å². The van der Waals surface area contributed by atoms with Crippen molar-refractivity contribution in [3.05, 3.63) is 89.9 Å². The van der Waals surface area contributed by atoms with Crippen LogP contribution in [-0.2, 0) is 11.3 Å². The van der Waals surface area contributed by atoms with Crippen molar-refractivity contribution in [2.24, 2.45) is 0 Å². The molecule has 1 aromatic heterocycles. The molecule has 0 aliphatic carbocycles. The second kappa shape index (κ2) is 11.0. The van der Waals surface area contributed by atoms with E-state index in [1.54, 1.807) is 42.6 Å². The molecule has 2 aliphatic heterocycles. The van der Waals surface area contributed by atoms with Gasteiger partial charge in [0.05, 0.1) is 12.3 Å². The predicted octanol–water partition coefficient (Wildman–Crippen LogP) is 5.44. The van der Waals surface area contributed by atoms with Crippen molar-refractivity contribution in [2.75, 3.05) is 24.2 Å². The minimum atomic E-state index is -0.332. The molecule has 6 rings (SSSR count). The Morgan fingerprint density at radius 1 is 1.00 bits per heavy atom. The molecule has 8 nitrogen and oxygen atoms in total. The number of halogens is 1. The van der Waals surface area contributed by atoms with Gasteiger partial charge in [-0.25, -0.2) is 14.4 Å². The predicted molar refractivity (Wildman–Crippen MR) is 139 cm³/mol. The van der Waals surface area contributed by atoms with Crippen LogP contribution < -0.4 is 21.1 Å².